The van der Waals surface area contributed by atoms with Crippen LogP contribution in [0.15, 0.2) is 35.2 Å². The van der Waals surface area contributed by atoms with Gasteiger partial charge in [0, 0.05) is 0 Å². The Bertz CT molecular complexity index is 919. The first-order valence-corrected chi connectivity index (χ1v) is 7.05. The number of ether oxygens (including phenoxy) is 1. The molecule has 0 aromatic carbocycles. The minimum absolute atomic E-state index is 0.112. The van der Waals surface area contributed by atoms with Crippen LogP contribution in [-0.4, -0.2) is 42.4 Å². The number of aromatic carboxylic acids is 1. The van der Waals surface area contributed by atoms with E-state index in [1.807, 2.05) is 0 Å². The molecule has 0 aliphatic carbocycles. The lowest BCUT2D eigenvalue weighted by Crippen LogP contribution is -2.17. The largest absolute Gasteiger partial charge is 0.573 e. The maximum absolute atomic E-state index is 12.1. The molecule has 0 aliphatic heterocycles. The second-order valence-electron chi connectivity index (χ2n) is 5.06. The van der Waals surface area contributed by atoms with E-state index in [9.17, 15) is 18.0 Å². The lowest BCUT2D eigenvalue weighted by Gasteiger charge is -2.08. The summed E-state index contributed by atoms with van der Waals surface area (Å²) in [5.41, 5.74) is 0.325. The topological polar surface area (TPSA) is 116 Å². The molecule has 1 unspecified atom stereocenters. The number of aromatic nitrogens is 5. The van der Waals surface area contributed by atoms with E-state index >= 15 is 0 Å². The molecule has 3 rings (SSSR count). The number of carboxylic acid groups (broad SMARTS) is 1. The van der Waals surface area contributed by atoms with Crippen molar-refractivity contribution < 1.29 is 32.2 Å². The standard InChI is InChI=1S/C14H10F3N5O4/c1-7(12-19-11(6-25-12)13(23)24)22-5-10(20-21-22)9-3-2-8(4-18-9)26-14(15,16)17/h2-7H,1H3,(H,23,24). The fourth-order valence-electron chi connectivity index (χ4n) is 2.00. The predicted molar refractivity (Wildman–Crippen MR) is 77.2 cm³/mol. The highest BCUT2D eigenvalue weighted by atomic mass is 19.4. The van der Waals surface area contributed by atoms with Crippen molar-refractivity contribution in [1.29, 1.82) is 0 Å². The van der Waals surface area contributed by atoms with E-state index in [0.717, 1.165) is 18.5 Å². The molecule has 1 atom stereocenters. The van der Waals surface area contributed by atoms with Gasteiger partial charge in [-0.05, 0) is 19.1 Å². The van der Waals surface area contributed by atoms with Crippen molar-refractivity contribution in [3.05, 3.63) is 42.4 Å². The van der Waals surface area contributed by atoms with E-state index < -0.39 is 24.1 Å². The Morgan fingerprint density at radius 1 is 1.35 bits per heavy atom. The highest BCUT2D eigenvalue weighted by molar-refractivity contribution is 5.84. The molecule has 1 N–H and O–H groups in total. The minimum Gasteiger partial charge on any atom is -0.476 e. The van der Waals surface area contributed by atoms with Crippen molar-refractivity contribution in [1.82, 2.24) is 25.0 Å². The first-order valence-electron chi connectivity index (χ1n) is 7.05. The quantitative estimate of drug-likeness (QED) is 0.729. The van der Waals surface area contributed by atoms with Crippen LogP contribution < -0.4 is 4.74 Å². The average Bonchev–Trinajstić information content (AvgIpc) is 3.23. The van der Waals surface area contributed by atoms with Gasteiger partial charge in [-0.3, -0.25) is 4.98 Å². The number of hydrogen-bond donors (Lipinski definition) is 1. The van der Waals surface area contributed by atoms with Crippen LogP contribution in [0, 0.1) is 0 Å². The van der Waals surface area contributed by atoms with E-state index in [1.165, 1.54) is 16.9 Å². The normalized spacial score (nSPS) is 12.8. The molecule has 0 saturated carbocycles. The van der Waals surface area contributed by atoms with E-state index in [0.29, 0.717) is 5.69 Å². The van der Waals surface area contributed by atoms with Crippen LogP contribution in [0.4, 0.5) is 13.2 Å². The maximum Gasteiger partial charge on any atom is 0.573 e. The molecule has 9 nitrogen and oxygen atoms in total. The maximum atomic E-state index is 12.1. The molecule has 3 heterocycles. The second-order valence-corrected chi connectivity index (χ2v) is 5.06. The van der Waals surface area contributed by atoms with Crippen LogP contribution in [0.1, 0.15) is 29.3 Å². The molecule has 0 aliphatic rings. The zero-order chi connectivity index (χ0) is 18.9. The van der Waals surface area contributed by atoms with Crippen molar-refractivity contribution >= 4 is 5.97 Å². The molecule has 0 bridgehead atoms. The number of oxazole rings is 1. The van der Waals surface area contributed by atoms with E-state index in [4.69, 9.17) is 9.52 Å². The summed E-state index contributed by atoms with van der Waals surface area (Å²) in [5, 5.41) is 16.6. The van der Waals surface area contributed by atoms with E-state index in [1.54, 1.807) is 6.92 Å². The Labute approximate surface area is 143 Å². The van der Waals surface area contributed by atoms with Crippen LogP contribution in [0.2, 0.25) is 0 Å². The van der Waals surface area contributed by atoms with Crippen molar-refractivity contribution in [2.45, 2.75) is 19.3 Å². The molecule has 3 aromatic heterocycles. The third kappa shape index (κ3) is 3.79. The van der Waals surface area contributed by atoms with Crippen molar-refractivity contribution in [3.8, 4) is 17.1 Å². The summed E-state index contributed by atoms with van der Waals surface area (Å²) in [4.78, 5) is 18.5. The first-order chi connectivity index (χ1) is 12.2. The summed E-state index contributed by atoms with van der Waals surface area (Å²) < 4.78 is 46.6. The molecular formula is C14H10F3N5O4. The molecule has 0 radical (unpaired) electrons. The lowest BCUT2D eigenvalue weighted by atomic mass is 10.3. The van der Waals surface area contributed by atoms with Crippen LogP contribution in [-0.2, 0) is 0 Å². The van der Waals surface area contributed by atoms with Gasteiger partial charge in [0.1, 0.15) is 23.7 Å². The van der Waals surface area contributed by atoms with Crippen LogP contribution in [0.5, 0.6) is 5.75 Å². The summed E-state index contributed by atoms with van der Waals surface area (Å²) in [6.45, 7) is 1.66. The number of carbonyl (C=O) groups is 1. The van der Waals surface area contributed by atoms with Crippen molar-refractivity contribution in [3.63, 3.8) is 0 Å². The Morgan fingerprint density at radius 3 is 2.69 bits per heavy atom. The van der Waals surface area contributed by atoms with Gasteiger partial charge in [0.25, 0.3) is 0 Å². The van der Waals surface area contributed by atoms with Crippen LogP contribution >= 0.6 is 0 Å². The molecular weight excluding hydrogens is 359 g/mol. The number of alkyl halides is 3. The Hall–Kier alpha value is -3.44. The van der Waals surface area contributed by atoms with Gasteiger partial charge in [-0.15, -0.1) is 18.3 Å². The second kappa shape index (κ2) is 6.46. The van der Waals surface area contributed by atoms with Gasteiger partial charge in [0.15, 0.2) is 5.69 Å². The molecule has 0 saturated heterocycles. The molecule has 12 heteroatoms. The van der Waals surface area contributed by atoms with Gasteiger partial charge in [0.05, 0.1) is 18.1 Å². The number of carboxylic acids is 1. The van der Waals surface area contributed by atoms with Gasteiger partial charge in [-0.1, -0.05) is 5.21 Å². The van der Waals surface area contributed by atoms with Crippen molar-refractivity contribution in [2.75, 3.05) is 0 Å². The Morgan fingerprint density at radius 2 is 2.12 bits per heavy atom. The third-order valence-electron chi connectivity index (χ3n) is 3.24. The van der Waals surface area contributed by atoms with Crippen molar-refractivity contribution in [2.24, 2.45) is 0 Å². The fourth-order valence-corrected chi connectivity index (χ4v) is 2.00. The number of nitrogens with zero attached hydrogens (tertiary/aromatic N) is 5. The van der Waals surface area contributed by atoms with Crippen LogP contribution in [0.25, 0.3) is 11.4 Å². The van der Waals surface area contributed by atoms with Gasteiger partial charge in [-0.25, -0.2) is 14.5 Å². The SMILES string of the molecule is CC(c1nc(C(=O)O)co1)n1cc(-c2ccc(OC(F)(F)F)cn2)nn1. The number of halogens is 3. The summed E-state index contributed by atoms with van der Waals surface area (Å²) in [7, 11) is 0. The van der Waals surface area contributed by atoms with E-state index in [2.05, 4.69) is 25.0 Å². The van der Waals surface area contributed by atoms with Gasteiger partial charge < -0.3 is 14.3 Å². The fraction of sp³-hybridized carbons (Fsp3) is 0.214. The summed E-state index contributed by atoms with van der Waals surface area (Å²) in [5.74, 6) is -1.57. The average molecular weight is 369 g/mol. The lowest BCUT2D eigenvalue weighted by molar-refractivity contribution is -0.274. The zero-order valence-electron chi connectivity index (χ0n) is 13.0. The van der Waals surface area contributed by atoms with E-state index in [-0.39, 0.29) is 17.3 Å². The highest BCUT2D eigenvalue weighted by Crippen LogP contribution is 2.24. The first kappa shape index (κ1) is 17.4. The Kier molecular flexibility index (Phi) is 4.32. The summed E-state index contributed by atoms with van der Waals surface area (Å²) >= 11 is 0. The van der Waals surface area contributed by atoms with Gasteiger partial charge in [0.2, 0.25) is 5.89 Å². The molecule has 0 spiro atoms. The number of rotatable bonds is 5. The third-order valence-corrected chi connectivity index (χ3v) is 3.24. The summed E-state index contributed by atoms with van der Waals surface area (Å²) in [6, 6.07) is 1.84. The molecule has 0 amide bonds. The monoisotopic (exact) mass is 369 g/mol. The van der Waals surface area contributed by atoms with Crippen LogP contribution in [0.3, 0.4) is 0 Å². The number of hydrogen-bond acceptors (Lipinski definition) is 7. The molecule has 26 heavy (non-hydrogen) atoms. The predicted octanol–water partition coefficient (Wildman–Crippen LogP) is 2.53. The molecule has 3 aromatic rings. The zero-order valence-corrected chi connectivity index (χ0v) is 13.0. The Balaban J connectivity index is 1.77. The van der Waals surface area contributed by atoms with Gasteiger partial charge in [-0.2, -0.15) is 0 Å². The highest BCUT2D eigenvalue weighted by Gasteiger charge is 2.31. The smallest absolute Gasteiger partial charge is 0.476 e. The molecule has 0 fully saturated rings. The number of pyridine rings is 1. The summed E-state index contributed by atoms with van der Waals surface area (Å²) in [6.07, 6.45) is -1.40. The minimum atomic E-state index is -4.80. The molecule has 136 valence electrons. The van der Waals surface area contributed by atoms with Gasteiger partial charge >= 0.3 is 12.3 Å².